The minimum Gasteiger partial charge on any atom is -0.480 e. The van der Waals surface area contributed by atoms with Gasteiger partial charge in [0.1, 0.15) is 6.04 Å². The van der Waals surface area contributed by atoms with E-state index in [2.05, 4.69) is 26.1 Å². The van der Waals surface area contributed by atoms with Gasteiger partial charge < -0.3 is 25.7 Å². The van der Waals surface area contributed by atoms with E-state index in [0.29, 0.717) is 25.2 Å². The van der Waals surface area contributed by atoms with E-state index in [1.54, 1.807) is 0 Å². The van der Waals surface area contributed by atoms with Gasteiger partial charge >= 0.3 is 5.97 Å². The van der Waals surface area contributed by atoms with Gasteiger partial charge in [-0.15, -0.1) is 0 Å². The van der Waals surface area contributed by atoms with Crippen molar-refractivity contribution >= 4 is 11.9 Å². The molecule has 0 aromatic rings. The van der Waals surface area contributed by atoms with E-state index >= 15 is 0 Å². The first kappa shape index (κ1) is 28.8. The maximum atomic E-state index is 12.7. The molecule has 0 aromatic carbocycles. The molecule has 7 heteroatoms. The molecule has 4 fully saturated rings. The average Bonchev–Trinajstić information content (AvgIpc) is 3.20. The van der Waals surface area contributed by atoms with E-state index in [4.69, 9.17) is 0 Å². The molecule has 0 bridgehead atoms. The molecule has 13 atom stereocenters. The van der Waals surface area contributed by atoms with E-state index < -0.39 is 24.2 Å². The van der Waals surface area contributed by atoms with Crippen molar-refractivity contribution in [3.05, 3.63) is 0 Å². The van der Waals surface area contributed by atoms with E-state index in [1.165, 1.54) is 0 Å². The molecule has 4 rings (SSSR count). The highest BCUT2D eigenvalue weighted by molar-refractivity contribution is 5.83. The number of nitrogens with one attached hydrogen (secondary N) is 1. The second-order valence-corrected chi connectivity index (χ2v) is 13.8. The summed E-state index contributed by atoms with van der Waals surface area (Å²) in [4.78, 5) is 24.3. The molecule has 4 aliphatic rings. The van der Waals surface area contributed by atoms with Gasteiger partial charge in [0.05, 0.1) is 18.3 Å². The number of aliphatic hydroxyl groups is 3. The average molecular weight is 522 g/mol. The van der Waals surface area contributed by atoms with Gasteiger partial charge in [-0.25, -0.2) is 4.79 Å². The van der Waals surface area contributed by atoms with Crippen LogP contribution in [0.25, 0.3) is 0 Å². The number of aliphatic hydroxyl groups excluding tert-OH is 3. The maximum Gasteiger partial charge on any atom is 0.326 e. The van der Waals surface area contributed by atoms with E-state index in [-0.39, 0.29) is 64.8 Å². The Morgan fingerprint density at radius 1 is 1.00 bits per heavy atom. The van der Waals surface area contributed by atoms with Gasteiger partial charge in [-0.05, 0) is 104 Å². The van der Waals surface area contributed by atoms with Crippen LogP contribution in [0, 0.1) is 52.3 Å². The molecule has 1 unspecified atom stereocenters. The van der Waals surface area contributed by atoms with E-state index in [1.807, 2.05) is 13.8 Å². The van der Waals surface area contributed by atoms with Crippen molar-refractivity contribution in [2.45, 2.75) is 123 Å². The molecule has 1 amide bonds. The number of carboxylic acids is 1. The number of amides is 1. The molecule has 37 heavy (non-hydrogen) atoms. The minimum atomic E-state index is -0.990. The molecule has 0 aromatic heterocycles. The molecular weight excluding hydrogens is 470 g/mol. The number of hydrogen-bond acceptors (Lipinski definition) is 5. The number of carbonyl (C=O) groups is 2. The van der Waals surface area contributed by atoms with Gasteiger partial charge in [-0.1, -0.05) is 41.0 Å². The second-order valence-electron chi connectivity index (χ2n) is 13.8. The van der Waals surface area contributed by atoms with Crippen LogP contribution in [0.3, 0.4) is 0 Å². The number of aliphatic carboxylic acids is 1. The van der Waals surface area contributed by atoms with E-state index in [9.17, 15) is 30.0 Å². The van der Waals surface area contributed by atoms with Gasteiger partial charge in [0.15, 0.2) is 0 Å². The van der Waals surface area contributed by atoms with Crippen LogP contribution in [0.5, 0.6) is 0 Å². The fourth-order valence-electron chi connectivity index (χ4n) is 9.62. The molecule has 4 aliphatic carbocycles. The standard InChI is InChI=1S/C30H51NO6/c1-6-16(2)27(28(36)37)31-25(35)10-7-17(3)20-8-9-21-26-22(15-24(34)30(20,21)5)29(4)12-11-19(32)13-18(29)14-23(26)33/h16-24,26-27,32-34H,6-15H2,1-5H3,(H,31,35)(H,36,37)/t16-,17?,18+,19-,20-,21+,22+,23-,24+,26+,27+,29+,30-/m1/s1. The molecule has 212 valence electrons. The van der Waals surface area contributed by atoms with Crippen LogP contribution in [0.2, 0.25) is 0 Å². The summed E-state index contributed by atoms with van der Waals surface area (Å²) in [5, 5.41) is 45.7. The summed E-state index contributed by atoms with van der Waals surface area (Å²) in [6.07, 6.45) is 6.48. The molecule has 0 radical (unpaired) electrons. The lowest BCUT2D eigenvalue weighted by molar-refractivity contribution is -0.207. The Hall–Kier alpha value is -1.18. The zero-order valence-corrected chi connectivity index (χ0v) is 23.5. The quantitative estimate of drug-likeness (QED) is 0.329. The molecule has 0 aliphatic heterocycles. The molecule has 4 saturated carbocycles. The van der Waals surface area contributed by atoms with Crippen molar-refractivity contribution < 1.29 is 30.0 Å². The third-order valence-electron chi connectivity index (χ3n) is 12.1. The van der Waals surface area contributed by atoms with Crippen molar-refractivity contribution in [3.8, 4) is 0 Å². The first-order valence-electron chi connectivity index (χ1n) is 14.9. The summed E-state index contributed by atoms with van der Waals surface area (Å²) in [7, 11) is 0. The first-order chi connectivity index (χ1) is 17.3. The number of carboxylic acid groups (broad SMARTS) is 1. The Morgan fingerprint density at radius 3 is 2.35 bits per heavy atom. The Labute approximate surface area is 222 Å². The van der Waals surface area contributed by atoms with Crippen molar-refractivity contribution in [2.75, 3.05) is 0 Å². The molecule has 0 spiro atoms. The highest BCUT2D eigenvalue weighted by Gasteiger charge is 2.65. The van der Waals surface area contributed by atoms with Crippen molar-refractivity contribution in [3.63, 3.8) is 0 Å². The summed E-state index contributed by atoms with van der Waals surface area (Å²) in [6, 6.07) is -0.864. The zero-order chi connectivity index (χ0) is 27.3. The molecule has 0 heterocycles. The van der Waals surface area contributed by atoms with Gasteiger partial charge in [0.25, 0.3) is 0 Å². The highest BCUT2D eigenvalue weighted by atomic mass is 16.4. The van der Waals surface area contributed by atoms with Gasteiger partial charge in [-0.3, -0.25) is 4.79 Å². The monoisotopic (exact) mass is 521 g/mol. The lowest BCUT2D eigenvalue weighted by atomic mass is 9.43. The number of rotatable bonds is 8. The predicted octanol–water partition coefficient (Wildman–Crippen LogP) is 3.98. The molecule has 0 saturated heterocycles. The first-order valence-corrected chi connectivity index (χ1v) is 14.9. The third kappa shape index (κ3) is 4.98. The largest absolute Gasteiger partial charge is 0.480 e. The Bertz CT molecular complexity index is 850. The third-order valence-corrected chi connectivity index (χ3v) is 12.1. The summed E-state index contributed by atoms with van der Waals surface area (Å²) >= 11 is 0. The van der Waals surface area contributed by atoms with Crippen molar-refractivity contribution in [1.82, 2.24) is 5.32 Å². The Kier molecular flexibility index (Phi) is 8.39. The van der Waals surface area contributed by atoms with Gasteiger partial charge in [0.2, 0.25) is 5.91 Å². The van der Waals surface area contributed by atoms with Crippen LogP contribution in [0.1, 0.15) is 98.8 Å². The second kappa shape index (κ2) is 10.8. The summed E-state index contributed by atoms with van der Waals surface area (Å²) in [6.45, 7) is 10.5. The van der Waals surface area contributed by atoms with Crippen LogP contribution in [0.15, 0.2) is 0 Å². The lowest BCUT2D eigenvalue weighted by Gasteiger charge is -2.63. The maximum absolute atomic E-state index is 12.7. The summed E-state index contributed by atoms with van der Waals surface area (Å²) in [5.74, 6) is 0.153. The zero-order valence-electron chi connectivity index (χ0n) is 23.5. The smallest absolute Gasteiger partial charge is 0.326 e. The lowest BCUT2D eigenvalue weighted by Crippen LogP contribution is -2.62. The van der Waals surface area contributed by atoms with Crippen molar-refractivity contribution in [1.29, 1.82) is 0 Å². The Balaban J connectivity index is 1.45. The summed E-state index contributed by atoms with van der Waals surface area (Å²) < 4.78 is 0. The number of carbonyl (C=O) groups excluding carboxylic acids is 1. The molecule has 5 N–H and O–H groups in total. The minimum absolute atomic E-state index is 0.0591. The number of hydrogen-bond donors (Lipinski definition) is 5. The molecule has 7 nitrogen and oxygen atoms in total. The number of fused-ring (bicyclic) bond motifs is 5. The highest BCUT2D eigenvalue weighted by Crippen LogP contribution is 2.68. The van der Waals surface area contributed by atoms with Crippen LogP contribution in [-0.2, 0) is 9.59 Å². The van der Waals surface area contributed by atoms with Crippen LogP contribution < -0.4 is 5.32 Å². The normalized spacial score (nSPS) is 45.6. The van der Waals surface area contributed by atoms with Crippen LogP contribution >= 0.6 is 0 Å². The molecular formula is C30H51NO6. The predicted molar refractivity (Wildman–Crippen MR) is 141 cm³/mol. The topological polar surface area (TPSA) is 127 Å². The fraction of sp³-hybridized carbons (Fsp3) is 0.933. The Morgan fingerprint density at radius 2 is 1.70 bits per heavy atom. The van der Waals surface area contributed by atoms with Crippen molar-refractivity contribution in [2.24, 2.45) is 52.3 Å². The van der Waals surface area contributed by atoms with E-state index in [0.717, 1.165) is 38.5 Å². The van der Waals surface area contributed by atoms with Crippen LogP contribution in [0.4, 0.5) is 0 Å². The van der Waals surface area contributed by atoms with Gasteiger partial charge in [0, 0.05) is 6.42 Å². The van der Waals surface area contributed by atoms with Gasteiger partial charge in [-0.2, -0.15) is 0 Å². The summed E-state index contributed by atoms with van der Waals surface area (Å²) in [5.41, 5.74) is -0.237. The van der Waals surface area contributed by atoms with Crippen LogP contribution in [-0.4, -0.2) is 56.7 Å². The SMILES string of the molecule is CC[C@@H](C)[C@H](NC(=O)CCC(C)[C@H]1CC[C@H]2[C@@H]3[C@H](O)C[C@@H]4C[C@H](O)CC[C@]4(C)[C@H]3C[C@H](O)[C@]12C)C(=O)O. The fourth-order valence-corrected chi connectivity index (χ4v) is 9.62.